The van der Waals surface area contributed by atoms with E-state index in [0.29, 0.717) is 12.6 Å². The van der Waals surface area contributed by atoms with Crippen LogP contribution >= 0.6 is 0 Å². The molecule has 1 saturated heterocycles. The molecule has 3 atom stereocenters. The Bertz CT molecular complexity index is 478. The van der Waals surface area contributed by atoms with Gasteiger partial charge < -0.3 is 10.6 Å². The van der Waals surface area contributed by atoms with Crippen LogP contribution in [0.3, 0.4) is 0 Å². The molecule has 3 N–H and O–H groups in total. The highest BCUT2D eigenvalue weighted by Crippen LogP contribution is 2.19. The second-order valence-corrected chi connectivity index (χ2v) is 6.52. The van der Waals surface area contributed by atoms with Crippen molar-refractivity contribution in [3.63, 3.8) is 0 Å². The smallest absolute Gasteiger partial charge is 0.313 e. The van der Waals surface area contributed by atoms with E-state index in [0.717, 1.165) is 24.9 Å². The van der Waals surface area contributed by atoms with Gasteiger partial charge in [0, 0.05) is 25.2 Å². The second-order valence-electron chi connectivity index (χ2n) is 5.23. The van der Waals surface area contributed by atoms with Crippen molar-refractivity contribution in [2.75, 3.05) is 19.6 Å². The van der Waals surface area contributed by atoms with Crippen molar-refractivity contribution in [1.82, 2.24) is 15.4 Å². The third-order valence-electron chi connectivity index (χ3n) is 3.60. The highest BCUT2D eigenvalue weighted by molar-refractivity contribution is 7.83. The quantitative estimate of drug-likeness (QED) is 0.713. The highest BCUT2D eigenvalue weighted by Gasteiger charge is 2.37. The summed E-state index contributed by atoms with van der Waals surface area (Å²) in [6, 6.07) is 9.21. The first-order valence-electron chi connectivity index (χ1n) is 7.20. The lowest BCUT2D eigenvalue weighted by Crippen LogP contribution is -2.41. The molecule has 0 amide bonds. The van der Waals surface area contributed by atoms with Gasteiger partial charge in [-0.15, -0.1) is 0 Å². The van der Waals surface area contributed by atoms with E-state index in [-0.39, 0.29) is 12.6 Å². The molecule has 0 spiro atoms. The number of rotatable bonds is 7. The summed E-state index contributed by atoms with van der Waals surface area (Å²) in [5.41, 5.74) is -3.87. The fourth-order valence-corrected chi connectivity index (χ4v) is 2.93. The zero-order valence-electron chi connectivity index (χ0n) is 12.0. The molecule has 1 aromatic rings. The number of hydrogen-bond acceptors (Lipinski definition) is 3. The van der Waals surface area contributed by atoms with Gasteiger partial charge in [-0.05, 0) is 24.9 Å². The molecule has 4 nitrogen and oxygen atoms in total. The molecular weight excluding hydrogens is 315 g/mol. The van der Waals surface area contributed by atoms with Gasteiger partial charge in [-0.1, -0.05) is 30.3 Å². The van der Waals surface area contributed by atoms with Crippen molar-refractivity contribution in [2.24, 2.45) is 0 Å². The van der Waals surface area contributed by atoms with Crippen molar-refractivity contribution in [3.8, 4) is 0 Å². The van der Waals surface area contributed by atoms with E-state index in [2.05, 4.69) is 15.4 Å². The molecule has 2 unspecified atom stereocenters. The molecule has 0 radical (unpaired) electrons. The predicted octanol–water partition coefficient (Wildman–Crippen LogP) is 1.84. The molecule has 2 rings (SSSR count). The number of halogens is 3. The van der Waals surface area contributed by atoms with Crippen LogP contribution in [0, 0.1) is 0 Å². The first-order valence-corrected chi connectivity index (χ1v) is 8.35. The van der Waals surface area contributed by atoms with E-state index < -0.39 is 16.5 Å². The molecule has 1 aromatic carbocycles. The lowest BCUT2D eigenvalue weighted by molar-refractivity contribution is -0.0394. The van der Waals surface area contributed by atoms with Gasteiger partial charge in [-0.3, -0.25) is 0 Å². The number of benzene rings is 1. The minimum Gasteiger partial charge on any atom is -0.313 e. The average molecular weight is 335 g/mol. The SMILES string of the molecule is O=S(NCC(NC[C@@H]1CCCN1)c1ccccc1)C(F)(F)F. The Morgan fingerprint density at radius 2 is 2.05 bits per heavy atom. The van der Waals surface area contributed by atoms with Crippen LogP contribution in [-0.4, -0.2) is 35.4 Å². The van der Waals surface area contributed by atoms with E-state index in [4.69, 9.17) is 0 Å². The molecule has 0 aromatic heterocycles. The Labute approximate surface area is 130 Å². The summed E-state index contributed by atoms with van der Waals surface area (Å²) < 4.78 is 50.2. The highest BCUT2D eigenvalue weighted by atomic mass is 32.2. The molecule has 0 aliphatic carbocycles. The fourth-order valence-electron chi connectivity index (χ4n) is 2.45. The van der Waals surface area contributed by atoms with E-state index in [1.807, 2.05) is 30.3 Å². The summed E-state index contributed by atoms with van der Waals surface area (Å²) in [6.07, 6.45) is 2.16. The summed E-state index contributed by atoms with van der Waals surface area (Å²) >= 11 is 0. The lowest BCUT2D eigenvalue weighted by Gasteiger charge is -2.22. The maximum Gasteiger partial charge on any atom is 0.485 e. The van der Waals surface area contributed by atoms with Gasteiger partial charge in [0.1, 0.15) is 0 Å². The van der Waals surface area contributed by atoms with Gasteiger partial charge in [-0.2, -0.15) is 13.2 Å². The Morgan fingerprint density at radius 1 is 1.32 bits per heavy atom. The molecular formula is C14H20F3N3OS. The maximum atomic E-state index is 12.3. The molecule has 124 valence electrons. The molecule has 8 heteroatoms. The molecule has 1 aliphatic heterocycles. The largest absolute Gasteiger partial charge is 0.485 e. The van der Waals surface area contributed by atoms with Gasteiger partial charge in [0.25, 0.3) is 0 Å². The van der Waals surface area contributed by atoms with Crippen LogP contribution in [0.5, 0.6) is 0 Å². The van der Waals surface area contributed by atoms with Gasteiger partial charge in [0.15, 0.2) is 11.0 Å². The van der Waals surface area contributed by atoms with Crippen LogP contribution in [0.15, 0.2) is 30.3 Å². The minimum absolute atomic E-state index is 0.0527. The Kier molecular flexibility index (Phi) is 6.37. The minimum atomic E-state index is -4.74. The maximum absolute atomic E-state index is 12.3. The first-order chi connectivity index (χ1) is 10.5. The molecule has 0 bridgehead atoms. The Morgan fingerprint density at radius 3 is 2.64 bits per heavy atom. The normalized spacial score (nSPS) is 21.7. The predicted molar refractivity (Wildman–Crippen MR) is 80.4 cm³/mol. The van der Waals surface area contributed by atoms with Gasteiger partial charge >= 0.3 is 5.51 Å². The van der Waals surface area contributed by atoms with E-state index in [9.17, 15) is 17.4 Å². The summed E-state index contributed by atoms with van der Waals surface area (Å²) in [5, 5.41) is 6.59. The van der Waals surface area contributed by atoms with Gasteiger partial charge in [0.2, 0.25) is 0 Å². The van der Waals surface area contributed by atoms with E-state index >= 15 is 0 Å². The van der Waals surface area contributed by atoms with Crippen molar-refractivity contribution < 1.29 is 17.4 Å². The molecule has 22 heavy (non-hydrogen) atoms. The molecule has 0 saturated carbocycles. The third-order valence-corrected chi connectivity index (χ3v) is 4.45. The zero-order valence-corrected chi connectivity index (χ0v) is 12.8. The second kappa shape index (κ2) is 8.05. The average Bonchev–Trinajstić information content (AvgIpc) is 3.00. The standard InChI is InChI=1S/C14H20F3N3OS/c15-14(16,17)22(21)20-10-13(11-5-2-1-3-6-11)19-9-12-7-4-8-18-12/h1-3,5-6,12-13,18-20H,4,7-10H2/t12-,13?,22?/m0/s1. The van der Waals surface area contributed by atoms with E-state index in [1.54, 1.807) is 0 Å². The zero-order chi connectivity index (χ0) is 16.0. The van der Waals surface area contributed by atoms with Crippen LogP contribution < -0.4 is 15.4 Å². The van der Waals surface area contributed by atoms with Gasteiger partial charge in [0.05, 0.1) is 0 Å². The van der Waals surface area contributed by atoms with Crippen LogP contribution in [-0.2, 0) is 11.0 Å². The van der Waals surface area contributed by atoms with Crippen LogP contribution in [0.25, 0.3) is 0 Å². The monoisotopic (exact) mass is 335 g/mol. The first kappa shape index (κ1) is 17.4. The summed E-state index contributed by atoms with van der Waals surface area (Å²) in [6.45, 7) is 1.58. The Hall–Kier alpha value is -0.960. The van der Waals surface area contributed by atoms with Crippen LogP contribution in [0.4, 0.5) is 13.2 Å². The van der Waals surface area contributed by atoms with Crippen LogP contribution in [0.2, 0.25) is 0 Å². The number of nitrogens with one attached hydrogen (secondary N) is 3. The Balaban J connectivity index is 1.94. The molecule has 1 fully saturated rings. The van der Waals surface area contributed by atoms with E-state index in [1.165, 1.54) is 0 Å². The summed E-state index contributed by atoms with van der Waals surface area (Å²) in [7, 11) is -3.04. The summed E-state index contributed by atoms with van der Waals surface area (Å²) in [5.74, 6) is 0. The molecule has 1 heterocycles. The number of hydrogen-bond donors (Lipinski definition) is 3. The lowest BCUT2D eigenvalue weighted by atomic mass is 10.1. The van der Waals surface area contributed by atoms with Crippen molar-refractivity contribution in [2.45, 2.75) is 30.4 Å². The fraction of sp³-hybridized carbons (Fsp3) is 0.571. The third kappa shape index (κ3) is 5.35. The topological polar surface area (TPSA) is 53.2 Å². The molecule has 1 aliphatic rings. The summed E-state index contributed by atoms with van der Waals surface area (Å²) in [4.78, 5) is 0. The van der Waals surface area contributed by atoms with Crippen molar-refractivity contribution in [3.05, 3.63) is 35.9 Å². The number of alkyl halides is 3. The van der Waals surface area contributed by atoms with Crippen LogP contribution in [0.1, 0.15) is 24.4 Å². The van der Waals surface area contributed by atoms with Crippen molar-refractivity contribution in [1.29, 1.82) is 0 Å². The van der Waals surface area contributed by atoms with Crippen molar-refractivity contribution >= 4 is 11.0 Å². The van der Waals surface area contributed by atoms with Gasteiger partial charge in [-0.25, -0.2) is 8.93 Å².